The zero-order chi connectivity index (χ0) is 19.2. The number of hydrogen-bond acceptors (Lipinski definition) is 5. The van der Waals surface area contributed by atoms with Crippen LogP contribution in [0, 0.1) is 0 Å². The van der Waals surface area contributed by atoms with Crippen LogP contribution in [-0.4, -0.2) is 35.2 Å². The Labute approximate surface area is 156 Å². The number of carbonyl (C=O) groups excluding carboxylic acids is 1. The van der Waals surface area contributed by atoms with E-state index in [1.54, 1.807) is 30.5 Å². The molecule has 138 valence electrons. The Morgan fingerprint density at radius 1 is 1.15 bits per heavy atom. The van der Waals surface area contributed by atoms with E-state index < -0.39 is 5.91 Å². The first-order chi connectivity index (χ1) is 13.1. The number of aromatic nitrogens is 2. The zero-order valence-electron chi connectivity index (χ0n) is 15.3. The highest BCUT2D eigenvalue weighted by Gasteiger charge is 2.10. The van der Waals surface area contributed by atoms with Crippen molar-refractivity contribution in [1.29, 1.82) is 0 Å². The maximum Gasteiger partial charge on any atom is 0.307 e. The Kier molecular flexibility index (Phi) is 5.61. The minimum Gasteiger partial charge on any atom is -0.372 e. The lowest BCUT2D eigenvalue weighted by Gasteiger charge is -2.20. The van der Waals surface area contributed by atoms with Gasteiger partial charge in [0.15, 0.2) is 0 Å². The molecule has 0 fully saturated rings. The lowest BCUT2D eigenvalue weighted by molar-refractivity contribution is 0.0945. The number of rotatable bonds is 6. The molecule has 3 rings (SSSR count). The number of benzene rings is 2. The van der Waals surface area contributed by atoms with Crippen LogP contribution in [-0.2, 0) is 0 Å². The van der Waals surface area contributed by atoms with Crippen LogP contribution in [0.25, 0.3) is 10.9 Å². The third-order valence-electron chi connectivity index (χ3n) is 4.23. The second-order valence-corrected chi connectivity index (χ2v) is 5.89. The topological polar surface area (TPSA) is 90.4 Å². The van der Waals surface area contributed by atoms with Crippen LogP contribution in [0.5, 0.6) is 0 Å². The van der Waals surface area contributed by atoms with Gasteiger partial charge in [0.25, 0.3) is 5.56 Å². The normalized spacial score (nSPS) is 11.0. The van der Waals surface area contributed by atoms with Gasteiger partial charge in [0.1, 0.15) is 0 Å². The predicted octanol–water partition coefficient (Wildman–Crippen LogP) is 2.53. The molecule has 0 aliphatic rings. The molecule has 7 nitrogen and oxygen atoms in total. The minimum atomic E-state index is -0.575. The van der Waals surface area contributed by atoms with Crippen molar-refractivity contribution in [3.8, 4) is 0 Å². The summed E-state index contributed by atoms with van der Waals surface area (Å²) in [6.07, 6.45) is 1.54. The lowest BCUT2D eigenvalue weighted by atomic mass is 10.2. The van der Waals surface area contributed by atoms with Crippen LogP contribution in [0.4, 0.5) is 5.69 Å². The number of aromatic amines is 1. The molecule has 1 aromatic heterocycles. The van der Waals surface area contributed by atoms with Crippen molar-refractivity contribution in [3.63, 3.8) is 0 Å². The number of para-hydroxylation sites is 1. The molecule has 0 spiro atoms. The fourth-order valence-electron chi connectivity index (χ4n) is 2.77. The molecule has 0 saturated carbocycles. The van der Waals surface area contributed by atoms with E-state index >= 15 is 0 Å². The Bertz CT molecular complexity index is 1020. The quantitative estimate of drug-likeness (QED) is 0.520. The summed E-state index contributed by atoms with van der Waals surface area (Å²) in [5, 5.41) is 4.38. The van der Waals surface area contributed by atoms with Crippen molar-refractivity contribution in [2.75, 3.05) is 18.0 Å². The van der Waals surface area contributed by atoms with Gasteiger partial charge in [-0.15, -0.1) is 0 Å². The lowest BCUT2D eigenvalue weighted by Crippen LogP contribution is -2.24. The van der Waals surface area contributed by atoms with Crippen molar-refractivity contribution in [1.82, 2.24) is 15.4 Å². The number of hydrogen-bond donors (Lipinski definition) is 2. The van der Waals surface area contributed by atoms with E-state index in [-0.39, 0.29) is 11.4 Å². The first-order valence-corrected chi connectivity index (χ1v) is 8.79. The summed E-state index contributed by atoms with van der Waals surface area (Å²) in [5.41, 5.74) is 4.48. The summed E-state index contributed by atoms with van der Waals surface area (Å²) in [6, 6.07) is 14.7. The largest absolute Gasteiger partial charge is 0.372 e. The molecule has 0 saturated heterocycles. The summed E-state index contributed by atoms with van der Waals surface area (Å²) >= 11 is 0. The number of hydrazone groups is 1. The van der Waals surface area contributed by atoms with Crippen molar-refractivity contribution in [2.24, 2.45) is 5.10 Å². The van der Waals surface area contributed by atoms with Gasteiger partial charge in [-0.2, -0.15) is 5.10 Å². The number of nitrogens with zero attached hydrogens (tertiary/aromatic N) is 3. The molecule has 0 unspecified atom stereocenters. The highest BCUT2D eigenvalue weighted by molar-refractivity contribution is 5.93. The van der Waals surface area contributed by atoms with Gasteiger partial charge >= 0.3 is 5.91 Å². The molecule has 2 aromatic carbocycles. The number of nitrogens with one attached hydrogen (secondary N) is 2. The molecule has 2 N–H and O–H groups in total. The summed E-state index contributed by atoms with van der Waals surface area (Å²) in [4.78, 5) is 33.1. The molecule has 0 atom stereocenters. The molecule has 1 amide bonds. The molecule has 0 radical (unpaired) electrons. The van der Waals surface area contributed by atoms with E-state index in [2.05, 4.69) is 39.2 Å². The summed E-state index contributed by atoms with van der Waals surface area (Å²) in [7, 11) is 0. The number of H-pyrrole nitrogens is 1. The monoisotopic (exact) mass is 363 g/mol. The van der Waals surface area contributed by atoms with Crippen LogP contribution in [0.3, 0.4) is 0 Å². The smallest absolute Gasteiger partial charge is 0.307 e. The Hall–Kier alpha value is -3.48. The molecule has 7 heteroatoms. The fourth-order valence-corrected chi connectivity index (χ4v) is 2.77. The zero-order valence-corrected chi connectivity index (χ0v) is 15.3. The Balaban J connectivity index is 1.69. The van der Waals surface area contributed by atoms with Crippen LogP contribution >= 0.6 is 0 Å². The second-order valence-electron chi connectivity index (χ2n) is 5.89. The van der Waals surface area contributed by atoms with Crippen molar-refractivity contribution in [2.45, 2.75) is 13.8 Å². The SMILES string of the molecule is CCN(CC)c1ccc(/C=N\NC(=O)c2nc3ccccc3c(=O)[nH]2)cc1. The van der Waals surface area contributed by atoms with Crippen LogP contribution in [0.1, 0.15) is 30.0 Å². The molecule has 1 heterocycles. The Morgan fingerprint density at radius 2 is 1.85 bits per heavy atom. The molecule has 0 aliphatic carbocycles. The van der Waals surface area contributed by atoms with Gasteiger partial charge in [0, 0.05) is 18.8 Å². The predicted molar refractivity (Wildman–Crippen MR) is 107 cm³/mol. The number of fused-ring (bicyclic) bond motifs is 1. The second kappa shape index (κ2) is 8.27. The first kappa shape index (κ1) is 18.3. The van der Waals surface area contributed by atoms with Gasteiger partial charge in [-0.05, 0) is 43.7 Å². The van der Waals surface area contributed by atoms with Crippen LogP contribution in [0.2, 0.25) is 0 Å². The molecule has 0 bridgehead atoms. The van der Waals surface area contributed by atoms with Gasteiger partial charge in [-0.3, -0.25) is 9.59 Å². The minimum absolute atomic E-state index is 0.0762. The highest BCUT2D eigenvalue weighted by Crippen LogP contribution is 2.14. The van der Waals surface area contributed by atoms with E-state index in [1.807, 2.05) is 24.3 Å². The molecule has 0 aliphatic heterocycles. The van der Waals surface area contributed by atoms with Gasteiger partial charge in [-0.1, -0.05) is 24.3 Å². The van der Waals surface area contributed by atoms with Crippen LogP contribution < -0.4 is 15.9 Å². The summed E-state index contributed by atoms with van der Waals surface area (Å²) in [6.45, 7) is 6.10. The standard InChI is InChI=1S/C20H21N5O2/c1-3-25(4-2)15-11-9-14(10-12-15)13-21-24-20(27)18-22-17-8-6-5-7-16(17)19(26)23-18/h5-13H,3-4H2,1-2H3,(H,24,27)(H,22,23,26)/b21-13-. The number of anilines is 1. The maximum atomic E-state index is 12.2. The van der Waals surface area contributed by atoms with Gasteiger partial charge < -0.3 is 9.88 Å². The van der Waals surface area contributed by atoms with Crippen molar-refractivity contribution >= 4 is 28.7 Å². The summed E-state index contributed by atoms with van der Waals surface area (Å²) in [5.74, 6) is -0.651. The molecular weight excluding hydrogens is 342 g/mol. The van der Waals surface area contributed by atoms with E-state index in [0.717, 1.165) is 24.3 Å². The van der Waals surface area contributed by atoms with Crippen molar-refractivity contribution < 1.29 is 4.79 Å². The number of carbonyl (C=O) groups is 1. The van der Waals surface area contributed by atoms with E-state index in [0.29, 0.717) is 10.9 Å². The average molecular weight is 363 g/mol. The van der Waals surface area contributed by atoms with E-state index in [1.165, 1.54) is 0 Å². The fraction of sp³-hybridized carbons (Fsp3) is 0.200. The van der Waals surface area contributed by atoms with Gasteiger partial charge in [0.05, 0.1) is 17.1 Å². The van der Waals surface area contributed by atoms with Gasteiger partial charge in [0.2, 0.25) is 5.82 Å². The van der Waals surface area contributed by atoms with E-state index in [4.69, 9.17) is 0 Å². The number of amides is 1. The molecule has 3 aromatic rings. The molecule has 27 heavy (non-hydrogen) atoms. The average Bonchev–Trinajstić information content (AvgIpc) is 2.70. The van der Waals surface area contributed by atoms with Gasteiger partial charge in [-0.25, -0.2) is 10.4 Å². The summed E-state index contributed by atoms with van der Waals surface area (Å²) < 4.78 is 0. The first-order valence-electron chi connectivity index (χ1n) is 8.79. The third-order valence-corrected chi connectivity index (χ3v) is 4.23. The Morgan fingerprint density at radius 3 is 2.56 bits per heavy atom. The maximum absolute atomic E-state index is 12.2. The third kappa shape index (κ3) is 4.20. The van der Waals surface area contributed by atoms with Crippen molar-refractivity contribution in [3.05, 3.63) is 70.3 Å². The van der Waals surface area contributed by atoms with E-state index in [9.17, 15) is 9.59 Å². The highest BCUT2D eigenvalue weighted by atomic mass is 16.2. The molecular formula is C20H21N5O2. The van der Waals surface area contributed by atoms with Crippen LogP contribution in [0.15, 0.2) is 58.4 Å².